The van der Waals surface area contributed by atoms with Gasteiger partial charge in [-0.1, -0.05) is 39.3 Å². The Balaban J connectivity index is 3.04. The van der Waals surface area contributed by atoms with Crippen molar-refractivity contribution in [1.82, 2.24) is 0 Å². The molecule has 0 heteroatoms. The van der Waals surface area contributed by atoms with Gasteiger partial charge in [0.05, 0.1) is 0 Å². The van der Waals surface area contributed by atoms with Crippen LogP contribution in [0.15, 0.2) is 12.2 Å². The zero-order valence-electron chi connectivity index (χ0n) is 6.78. The normalized spacial score (nSPS) is 11.6. The van der Waals surface area contributed by atoms with Crippen LogP contribution in [0.5, 0.6) is 0 Å². The van der Waals surface area contributed by atoms with Gasteiger partial charge in [0.15, 0.2) is 0 Å². The third-order valence-corrected chi connectivity index (χ3v) is 1.15. The first-order valence-electron chi connectivity index (χ1n) is 3.71. The van der Waals surface area contributed by atoms with Crippen LogP contribution < -0.4 is 0 Å². The van der Waals surface area contributed by atoms with Crippen LogP contribution in [-0.4, -0.2) is 0 Å². The average Bonchev–Trinajstić information content (AvgIpc) is 1.80. The Hall–Kier alpha value is -0.260. The minimum Gasteiger partial charge on any atom is -0.0885 e. The van der Waals surface area contributed by atoms with E-state index in [4.69, 9.17) is 0 Å². The minimum absolute atomic E-state index is 1.15. The highest BCUT2D eigenvalue weighted by molar-refractivity contribution is 4.91. The molecule has 0 aliphatic carbocycles. The Morgan fingerprint density at radius 1 is 1.22 bits per heavy atom. The molecule has 0 unspecified atom stereocenters. The van der Waals surface area contributed by atoms with Crippen molar-refractivity contribution in [3.8, 4) is 0 Å². The molecule has 0 spiro atoms. The predicted molar refractivity (Wildman–Crippen MR) is 43.3 cm³/mol. The number of allylic oxidation sites excluding steroid dienone is 2. The van der Waals surface area contributed by atoms with E-state index in [1.165, 1.54) is 18.8 Å². The molecule has 0 aromatic rings. The van der Waals surface area contributed by atoms with E-state index in [1.807, 2.05) is 0 Å². The summed E-state index contributed by atoms with van der Waals surface area (Å²) in [4.78, 5) is 0. The molecule has 0 rings (SSSR count). The second-order valence-electron chi connectivity index (χ2n) is 2.67. The van der Waals surface area contributed by atoms with Crippen molar-refractivity contribution >= 4 is 0 Å². The van der Waals surface area contributed by atoms with E-state index in [0.29, 0.717) is 0 Å². The molecule has 1 radical (unpaired) electrons. The molecule has 0 N–H and O–H groups in total. The quantitative estimate of drug-likeness (QED) is 0.505. The summed E-state index contributed by atoms with van der Waals surface area (Å²) in [5, 5.41) is 0. The third kappa shape index (κ3) is 7.74. The van der Waals surface area contributed by atoms with E-state index in [2.05, 4.69) is 32.9 Å². The Kier molecular flexibility index (Phi) is 5.70. The van der Waals surface area contributed by atoms with E-state index in [9.17, 15) is 0 Å². The van der Waals surface area contributed by atoms with Crippen LogP contribution in [0.3, 0.4) is 0 Å². The van der Waals surface area contributed by atoms with Gasteiger partial charge in [-0.2, -0.15) is 0 Å². The number of rotatable bonds is 4. The molecule has 0 aromatic heterocycles. The van der Waals surface area contributed by atoms with Gasteiger partial charge < -0.3 is 0 Å². The lowest BCUT2D eigenvalue weighted by Gasteiger charge is -1.94. The first-order chi connectivity index (χ1) is 4.27. The van der Waals surface area contributed by atoms with Crippen molar-refractivity contribution in [2.45, 2.75) is 40.0 Å². The van der Waals surface area contributed by atoms with Crippen LogP contribution in [-0.2, 0) is 0 Å². The fourth-order valence-corrected chi connectivity index (χ4v) is 0.604. The molecule has 0 aromatic carbocycles. The summed E-state index contributed by atoms with van der Waals surface area (Å²) in [7, 11) is 0. The lowest BCUT2D eigenvalue weighted by molar-refractivity contribution is 0.936. The van der Waals surface area contributed by atoms with Crippen molar-refractivity contribution in [2.75, 3.05) is 0 Å². The summed E-state index contributed by atoms with van der Waals surface area (Å²) in [5.41, 5.74) is 0. The smallest absolute Gasteiger partial charge is 0.0265 e. The maximum absolute atomic E-state index is 2.26. The van der Waals surface area contributed by atoms with Crippen molar-refractivity contribution in [1.29, 1.82) is 0 Å². The fourth-order valence-electron chi connectivity index (χ4n) is 0.604. The highest BCUT2D eigenvalue weighted by Crippen LogP contribution is 2.03. The SMILES string of the molecule is CCCC=CC[C](C)C. The lowest BCUT2D eigenvalue weighted by atomic mass is 10.1. The summed E-state index contributed by atoms with van der Waals surface area (Å²) in [5.74, 6) is 1.49. The van der Waals surface area contributed by atoms with Crippen LogP contribution in [0.2, 0.25) is 0 Å². The molecule has 0 saturated heterocycles. The number of hydrogen-bond acceptors (Lipinski definition) is 0. The van der Waals surface area contributed by atoms with Crippen molar-refractivity contribution < 1.29 is 0 Å². The van der Waals surface area contributed by atoms with E-state index >= 15 is 0 Å². The van der Waals surface area contributed by atoms with Crippen molar-refractivity contribution in [3.05, 3.63) is 18.1 Å². The lowest BCUT2D eigenvalue weighted by Crippen LogP contribution is -1.77. The summed E-state index contributed by atoms with van der Waals surface area (Å²) in [6.45, 7) is 6.53. The number of unbranched alkanes of at least 4 members (excludes halogenated alkanes) is 1. The van der Waals surface area contributed by atoms with Gasteiger partial charge in [0, 0.05) is 0 Å². The Bertz CT molecular complexity index is 70.1. The van der Waals surface area contributed by atoms with Gasteiger partial charge in [0.2, 0.25) is 0 Å². The van der Waals surface area contributed by atoms with E-state index < -0.39 is 0 Å². The van der Waals surface area contributed by atoms with Gasteiger partial charge in [-0.3, -0.25) is 0 Å². The number of hydrogen-bond donors (Lipinski definition) is 0. The molecule has 0 fully saturated rings. The van der Waals surface area contributed by atoms with Gasteiger partial charge in [-0.25, -0.2) is 0 Å². The summed E-state index contributed by atoms with van der Waals surface area (Å²) >= 11 is 0. The monoisotopic (exact) mass is 125 g/mol. The maximum Gasteiger partial charge on any atom is -0.0265 e. The largest absolute Gasteiger partial charge is 0.0885 e. The van der Waals surface area contributed by atoms with E-state index in [-0.39, 0.29) is 0 Å². The van der Waals surface area contributed by atoms with Gasteiger partial charge in [0.25, 0.3) is 0 Å². The second kappa shape index (κ2) is 5.87. The first-order valence-corrected chi connectivity index (χ1v) is 3.71. The highest BCUT2D eigenvalue weighted by atomic mass is 13.9. The van der Waals surface area contributed by atoms with Crippen LogP contribution in [0.25, 0.3) is 0 Å². The van der Waals surface area contributed by atoms with Crippen LogP contribution in [0, 0.1) is 5.92 Å². The molecule has 0 bridgehead atoms. The molecule has 0 saturated carbocycles. The maximum atomic E-state index is 2.26. The van der Waals surface area contributed by atoms with Gasteiger partial charge in [-0.15, -0.1) is 0 Å². The zero-order chi connectivity index (χ0) is 7.11. The zero-order valence-corrected chi connectivity index (χ0v) is 6.78. The molecule has 0 heterocycles. The van der Waals surface area contributed by atoms with Crippen LogP contribution in [0.4, 0.5) is 0 Å². The molecule has 53 valence electrons. The fraction of sp³-hybridized carbons (Fsp3) is 0.667. The second-order valence-corrected chi connectivity index (χ2v) is 2.67. The molecule has 0 atom stereocenters. The molecule has 0 amide bonds. The first kappa shape index (κ1) is 8.74. The molecule has 0 aliphatic rings. The van der Waals surface area contributed by atoms with Crippen LogP contribution in [0.1, 0.15) is 40.0 Å². The average molecular weight is 125 g/mol. The van der Waals surface area contributed by atoms with Gasteiger partial charge >= 0.3 is 0 Å². The molecule has 0 nitrogen and oxygen atoms in total. The van der Waals surface area contributed by atoms with Gasteiger partial charge in [-0.05, 0) is 18.8 Å². The van der Waals surface area contributed by atoms with Gasteiger partial charge in [0.1, 0.15) is 0 Å². The topological polar surface area (TPSA) is 0 Å². The van der Waals surface area contributed by atoms with Crippen molar-refractivity contribution in [3.63, 3.8) is 0 Å². The molecule has 0 aliphatic heterocycles. The Labute approximate surface area is 59.0 Å². The van der Waals surface area contributed by atoms with Crippen LogP contribution >= 0.6 is 0 Å². The summed E-state index contributed by atoms with van der Waals surface area (Å²) in [6, 6.07) is 0. The van der Waals surface area contributed by atoms with E-state index in [0.717, 1.165) is 6.42 Å². The standard InChI is InChI=1S/C9H17/c1-4-5-6-7-8-9(2)3/h6-7H,4-5,8H2,1-3H3. The highest BCUT2D eigenvalue weighted by Gasteiger charge is 1.86. The molecule has 9 heavy (non-hydrogen) atoms. The predicted octanol–water partition coefficient (Wildman–Crippen LogP) is 3.35. The summed E-state index contributed by atoms with van der Waals surface area (Å²) in [6.07, 6.45) is 8.15. The third-order valence-electron chi connectivity index (χ3n) is 1.15. The Morgan fingerprint density at radius 2 is 1.89 bits per heavy atom. The summed E-state index contributed by atoms with van der Waals surface area (Å²) < 4.78 is 0. The van der Waals surface area contributed by atoms with Crippen molar-refractivity contribution in [2.24, 2.45) is 0 Å². The Morgan fingerprint density at radius 3 is 2.33 bits per heavy atom. The molecular weight excluding hydrogens is 108 g/mol. The van der Waals surface area contributed by atoms with E-state index in [1.54, 1.807) is 0 Å². The molecular formula is C9H17. The minimum atomic E-state index is 1.15.